The van der Waals surface area contributed by atoms with E-state index >= 15 is 0 Å². The second-order valence-corrected chi connectivity index (χ2v) is 5.01. The number of amides is 1. The Morgan fingerprint density at radius 1 is 1.43 bits per heavy atom. The van der Waals surface area contributed by atoms with Crippen LogP contribution in [0.3, 0.4) is 0 Å². The van der Waals surface area contributed by atoms with Crippen LogP contribution >= 0.6 is 0 Å². The highest BCUT2D eigenvalue weighted by atomic mass is 16.1. The molecule has 0 bridgehead atoms. The fourth-order valence-corrected chi connectivity index (χ4v) is 2.24. The summed E-state index contributed by atoms with van der Waals surface area (Å²) >= 11 is 0. The van der Waals surface area contributed by atoms with Gasteiger partial charge in [0.25, 0.3) is 0 Å². The van der Waals surface area contributed by atoms with E-state index in [4.69, 9.17) is 0 Å². The van der Waals surface area contributed by atoms with Crippen LogP contribution in [-0.4, -0.2) is 25.5 Å². The van der Waals surface area contributed by atoms with Gasteiger partial charge in [0.05, 0.1) is 18.4 Å². The van der Waals surface area contributed by atoms with E-state index in [1.165, 1.54) is 6.08 Å². The molecule has 2 heterocycles. The van der Waals surface area contributed by atoms with Gasteiger partial charge < -0.3 is 5.32 Å². The molecule has 0 aromatic carbocycles. The van der Waals surface area contributed by atoms with Gasteiger partial charge in [-0.05, 0) is 26.8 Å². The summed E-state index contributed by atoms with van der Waals surface area (Å²) < 4.78 is 3.62. The molecular weight excluding hydrogens is 266 g/mol. The number of nitrogens with one attached hydrogen (secondary N) is 1. The topological polar surface area (TPSA) is 64.7 Å². The van der Waals surface area contributed by atoms with E-state index in [2.05, 4.69) is 15.5 Å². The molecule has 0 aliphatic carbocycles. The Bertz CT molecular complexity index is 653. The van der Waals surface area contributed by atoms with Crippen molar-refractivity contribution in [2.75, 3.05) is 0 Å². The number of aryl methyl sites for hydroxylation is 2. The molecule has 0 radical (unpaired) electrons. The third-order valence-electron chi connectivity index (χ3n) is 3.42. The van der Waals surface area contributed by atoms with Gasteiger partial charge in [0, 0.05) is 42.7 Å². The van der Waals surface area contributed by atoms with E-state index in [0.29, 0.717) is 0 Å². The molecule has 0 fully saturated rings. The Morgan fingerprint density at radius 2 is 2.19 bits per heavy atom. The molecule has 0 saturated heterocycles. The van der Waals surface area contributed by atoms with E-state index in [-0.39, 0.29) is 11.9 Å². The fourth-order valence-electron chi connectivity index (χ4n) is 2.24. The fraction of sp³-hybridized carbons (Fsp3) is 0.400. The van der Waals surface area contributed by atoms with Crippen molar-refractivity contribution < 1.29 is 4.79 Å². The molecule has 0 spiro atoms. The highest BCUT2D eigenvalue weighted by Gasteiger charge is 2.13. The van der Waals surface area contributed by atoms with Crippen LogP contribution in [0.1, 0.15) is 36.7 Å². The monoisotopic (exact) mass is 287 g/mol. The molecule has 2 aromatic rings. The van der Waals surface area contributed by atoms with E-state index in [1.54, 1.807) is 17.0 Å². The Morgan fingerprint density at radius 3 is 2.76 bits per heavy atom. The highest BCUT2D eigenvalue weighted by molar-refractivity contribution is 5.91. The first kappa shape index (κ1) is 15.0. The lowest BCUT2D eigenvalue weighted by Gasteiger charge is -2.12. The van der Waals surface area contributed by atoms with Gasteiger partial charge in [-0.3, -0.25) is 14.2 Å². The van der Waals surface area contributed by atoms with Gasteiger partial charge in [0.2, 0.25) is 5.91 Å². The maximum absolute atomic E-state index is 11.9. The third-order valence-corrected chi connectivity index (χ3v) is 3.42. The average molecular weight is 287 g/mol. The third kappa shape index (κ3) is 3.59. The molecule has 21 heavy (non-hydrogen) atoms. The standard InChI is InChI=1S/C15H21N5O/c1-5-20-12(3)14(9-17-20)11(2)18-15(21)7-6-13-8-16-19(4)10-13/h6-11H,5H2,1-4H3,(H,18,21)/b7-6+. The number of carbonyl (C=O) groups excluding carboxylic acids is 1. The van der Waals surface area contributed by atoms with Gasteiger partial charge in [-0.25, -0.2) is 0 Å². The molecule has 112 valence electrons. The quantitative estimate of drug-likeness (QED) is 0.853. The van der Waals surface area contributed by atoms with Crippen LogP contribution < -0.4 is 5.32 Å². The van der Waals surface area contributed by atoms with Crippen molar-refractivity contribution in [3.8, 4) is 0 Å². The summed E-state index contributed by atoms with van der Waals surface area (Å²) in [5.74, 6) is -0.130. The number of aromatic nitrogens is 4. The molecule has 1 N–H and O–H groups in total. The molecule has 2 aromatic heterocycles. The summed E-state index contributed by atoms with van der Waals surface area (Å²) in [4.78, 5) is 11.9. The zero-order chi connectivity index (χ0) is 15.4. The van der Waals surface area contributed by atoms with Crippen LogP contribution in [0.15, 0.2) is 24.7 Å². The largest absolute Gasteiger partial charge is 0.346 e. The summed E-state index contributed by atoms with van der Waals surface area (Å²) in [5, 5.41) is 11.3. The molecule has 6 heteroatoms. The Kier molecular flexibility index (Phi) is 4.57. The van der Waals surface area contributed by atoms with Crippen molar-refractivity contribution in [1.82, 2.24) is 24.9 Å². The first-order valence-corrected chi connectivity index (χ1v) is 7.00. The van der Waals surface area contributed by atoms with Crippen molar-refractivity contribution in [1.29, 1.82) is 0 Å². The van der Waals surface area contributed by atoms with Crippen molar-refractivity contribution in [2.24, 2.45) is 7.05 Å². The Hall–Kier alpha value is -2.37. The van der Waals surface area contributed by atoms with Crippen LogP contribution in [0.25, 0.3) is 6.08 Å². The predicted molar refractivity (Wildman–Crippen MR) is 81.4 cm³/mol. The molecule has 1 unspecified atom stereocenters. The van der Waals surface area contributed by atoms with Crippen LogP contribution in [-0.2, 0) is 18.4 Å². The number of rotatable bonds is 5. The zero-order valence-corrected chi connectivity index (χ0v) is 12.9. The predicted octanol–water partition coefficient (Wildman–Crippen LogP) is 1.84. The summed E-state index contributed by atoms with van der Waals surface area (Å²) in [5.41, 5.74) is 3.02. The molecule has 1 atom stereocenters. The first-order chi connectivity index (χ1) is 10.0. The van der Waals surface area contributed by atoms with Gasteiger partial charge in [0.15, 0.2) is 0 Å². The van der Waals surface area contributed by atoms with Crippen LogP contribution in [0.2, 0.25) is 0 Å². The van der Waals surface area contributed by atoms with E-state index in [1.807, 2.05) is 44.9 Å². The minimum Gasteiger partial charge on any atom is -0.346 e. The first-order valence-electron chi connectivity index (χ1n) is 7.00. The second kappa shape index (κ2) is 6.39. The van der Waals surface area contributed by atoms with Crippen LogP contribution in [0.5, 0.6) is 0 Å². The van der Waals surface area contributed by atoms with E-state index in [0.717, 1.165) is 23.4 Å². The summed E-state index contributed by atoms with van der Waals surface area (Å²) in [6.07, 6.45) is 8.64. The number of hydrogen-bond acceptors (Lipinski definition) is 3. The number of carbonyl (C=O) groups is 1. The molecule has 2 rings (SSSR count). The van der Waals surface area contributed by atoms with Gasteiger partial charge >= 0.3 is 0 Å². The second-order valence-electron chi connectivity index (χ2n) is 5.01. The van der Waals surface area contributed by atoms with Gasteiger partial charge in [-0.2, -0.15) is 10.2 Å². The smallest absolute Gasteiger partial charge is 0.244 e. The number of nitrogens with zero attached hydrogens (tertiary/aromatic N) is 4. The summed E-state index contributed by atoms with van der Waals surface area (Å²) in [6, 6.07) is -0.0728. The lowest BCUT2D eigenvalue weighted by atomic mass is 10.1. The van der Waals surface area contributed by atoms with E-state index < -0.39 is 0 Å². The lowest BCUT2D eigenvalue weighted by molar-refractivity contribution is -0.117. The lowest BCUT2D eigenvalue weighted by Crippen LogP contribution is -2.25. The van der Waals surface area contributed by atoms with Crippen molar-refractivity contribution >= 4 is 12.0 Å². The van der Waals surface area contributed by atoms with Gasteiger partial charge in [-0.15, -0.1) is 0 Å². The normalized spacial score (nSPS) is 12.8. The molecule has 6 nitrogen and oxygen atoms in total. The molecule has 1 amide bonds. The van der Waals surface area contributed by atoms with Crippen LogP contribution in [0.4, 0.5) is 0 Å². The summed E-state index contributed by atoms with van der Waals surface area (Å²) in [6.45, 7) is 6.84. The highest BCUT2D eigenvalue weighted by Crippen LogP contribution is 2.16. The van der Waals surface area contributed by atoms with Crippen molar-refractivity contribution in [3.05, 3.63) is 41.5 Å². The van der Waals surface area contributed by atoms with Gasteiger partial charge in [-0.1, -0.05) is 0 Å². The Balaban J connectivity index is 1.98. The SMILES string of the molecule is CCn1ncc(C(C)NC(=O)/C=C/c2cnn(C)c2)c1C. The molecule has 0 aliphatic rings. The van der Waals surface area contributed by atoms with Crippen LogP contribution in [0, 0.1) is 6.92 Å². The van der Waals surface area contributed by atoms with Gasteiger partial charge in [0.1, 0.15) is 0 Å². The minimum absolute atomic E-state index is 0.0728. The van der Waals surface area contributed by atoms with E-state index in [9.17, 15) is 4.79 Å². The maximum atomic E-state index is 11.9. The zero-order valence-electron chi connectivity index (χ0n) is 12.9. The summed E-state index contributed by atoms with van der Waals surface area (Å²) in [7, 11) is 1.84. The number of hydrogen-bond donors (Lipinski definition) is 1. The van der Waals surface area contributed by atoms with Crippen molar-refractivity contribution in [2.45, 2.75) is 33.4 Å². The maximum Gasteiger partial charge on any atom is 0.244 e. The minimum atomic E-state index is -0.130. The molecule has 0 aliphatic heterocycles. The molecule has 0 saturated carbocycles. The average Bonchev–Trinajstić information content (AvgIpc) is 3.02. The Labute approximate surface area is 124 Å². The van der Waals surface area contributed by atoms with Crippen molar-refractivity contribution in [3.63, 3.8) is 0 Å². The molecular formula is C15H21N5O.